The van der Waals surface area contributed by atoms with Crippen LogP contribution in [0, 0.1) is 17.2 Å². The van der Waals surface area contributed by atoms with E-state index in [0.29, 0.717) is 17.5 Å². The van der Waals surface area contributed by atoms with Crippen LogP contribution < -0.4 is 10.6 Å². The number of nitrogens with zero attached hydrogens (tertiary/aromatic N) is 2. The van der Waals surface area contributed by atoms with E-state index >= 15 is 0 Å². The quantitative estimate of drug-likeness (QED) is 0.397. The summed E-state index contributed by atoms with van der Waals surface area (Å²) in [6.07, 6.45) is 0.0927. The number of nitriles is 1. The normalized spacial score (nSPS) is 16.9. The molecule has 3 N–H and O–H groups in total. The molecule has 0 aliphatic heterocycles. The molecule has 3 atom stereocenters. The highest BCUT2D eigenvalue weighted by molar-refractivity contribution is 5.96. The first-order chi connectivity index (χ1) is 17.4. The first-order valence-electron chi connectivity index (χ1n) is 11.4. The molecular formula is C26H24N4O6. The van der Waals surface area contributed by atoms with Crippen LogP contribution in [-0.2, 0) is 9.53 Å². The molecule has 1 aliphatic rings. The SMILES string of the molecule is CC(OC(=O)Nc1c(C#N)noc1-c1ccc(C(=O)NC2CC2CCC(=O)O)cc1)c1ccccc1. The molecule has 2 amide bonds. The predicted molar refractivity (Wildman–Crippen MR) is 128 cm³/mol. The molecule has 1 saturated carbocycles. The van der Waals surface area contributed by atoms with Gasteiger partial charge in [-0.1, -0.05) is 47.6 Å². The number of hydrogen-bond acceptors (Lipinski definition) is 7. The summed E-state index contributed by atoms with van der Waals surface area (Å²) in [5.41, 5.74) is 1.68. The Hall–Kier alpha value is -4.65. The molecule has 0 saturated heterocycles. The summed E-state index contributed by atoms with van der Waals surface area (Å²) in [5.74, 6) is -0.779. The van der Waals surface area contributed by atoms with E-state index in [1.165, 1.54) is 0 Å². The summed E-state index contributed by atoms with van der Waals surface area (Å²) in [6, 6.07) is 17.5. The predicted octanol–water partition coefficient (Wildman–Crippen LogP) is 4.51. The van der Waals surface area contributed by atoms with Crippen LogP contribution in [0.2, 0.25) is 0 Å². The van der Waals surface area contributed by atoms with Gasteiger partial charge in [-0.3, -0.25) is 14.9 Å². The first-order valence-corrected chi connectivity index (χ1v) is 11.4. The van der Waals surface area contributed by atoms with Gasteiger partial charge in [0.2, 0.25) is 5.69 Å². The number of ether oxygens (including phenoxy) is 1. The lowest BCUT2D eigenvalue weighted by atomic mass is 10.1. The molecule has 184 valence electrons. The Kier molecular flexibility index (Phi) is 7.30. The molecular weight excluding hydrogens is 464 g/mol. The maximum atomic E-state index is 12.5. The lowest BCUT2D eigenvalue weighted by Crippen LogP contribution is -2.26. The van der Waals surface area contributed by atoms with Crippen molar-refractivity contribution in [3.8, 4) is 17.4 Å². The maximum Gasteiger partial charge on any atom is 0.412 e. The van der Waals surface area contributed by atoms with Crippen LogP contribution in [0.25, 0.3) is 11.3 Å². The van der Waals surface area contributed by atoms with Crippen LogP contribution in [0.4, 0.5) is 10.5 Å². The van der Waals surface area contributed by atoms with E-state index < -0.39 is 18.2 Å². The van der Waals surface area contributed by atoms with E-state index in [1.807, 2.05) is 36.4 Å². The topological polar surface area (TPSA) is 155 Å². The summed E-state index contributed by atoms with van der Waals surface area (Å²) < 4.78 is 10.7. The van der Waals surface area contributed by atoms with E-state index in [1.54, 1.807) is 31.2 Å². The third kappa shape index (κ3) is 5.88. The van der Waals surface area contributed by atoms with Crippen LogP contribution in [0.5, 0.6) is 0 Å². The van der Waals surface area contributed by atoms with Crippen molar-refractivity contribution >= 4 is 23.7 Å². The number of carboxylic acids is 1. The zero-order valence-corrected chi connectivity index (χ0v) is 19.4. The minimum absolute atomic E-state index is 0.0240. The third-order valence-electron chi connectivity index (χ3n) is 5.96. The molecule has 2 aromatic carbocycles. The molecule has 10 nitrogen and oxygen atoms in total. The average molecular weight is 489 g/mol. The highest BCUT2D eigenvalue weighted by atomic mass is 16.6. The lowest BCUT2D eigenvalue weighted by Gasteiger charge is -2.14. The van der Waals surface area contributed by atoms with Gasteiger partial charge in [-0.05, 0) is 43.4 Å². The Bertz CT molecular complexity index is 1300. The van der Waals surface area contributed by atoms with Crippen molar-refractivity contribution in [1.29, 1.82) is 5.26 Å². The third-order valence-corrected chi connectivity index (χ3v) is 5.96. The molecule has 1 fully saturated rings. The van der Waals surface area contributed by atoms with Crippen molar-refractivity contribution in [2.75, 3.05) is 5.32 Å². The molecule has 4 rings (SSSR count). The van der Waals surface area contributed by atoms with Gasteiger partial charge in [-0.25, -0.2) is 4.79 Å². The second-order valence-electron chi connectivity index (χ2n) is 8.52. The van der Waals surface area contributed by atoms with Crippen LogP contribution in [0.15, 0.2) is 59.1 Å². The Morgan fingerprint density at radius 3 is 2.58 bits per heavy atom. The second-order valence-corrected chi connectivity index (χ2v) is 8.52. The van der Waals surface area contributed by atoms with Crippen molar-refractivity contribution in [3.63, 3.8) is 0 Å². The molecule has 1 aromatic heterocycles. The van der Waals surface area contributed by atoms with Gasteiger partial charge < -0.3 is 19.7 Å². The lowest BCUT2D eigenvalue weighted by molar-refractivity contribution is -0.137. The number of benzene rings is 2. The van der Waals surface area contributed by atoms with Gasteiger partial charge in [0, 0.05) is 23.6 Å². The Morgan fingerprint density at radius 1 is 1.19 bits per heavy atom. The number of carbonyl (C=O) groups is 3. The molecule has 1 aliphatic carbocycles. The Morgan fingerprint density at radius 2 is 1.92 bits per heavy atom. The van der Waals surface area contributed by atoms with Gasteiger partial charge in [0.1, 0.15) is 17.9 Å². The van der Waals surface area contributed by atoms with Crippen molar-refractivity contribution in [2.45, 2.75) is 38.3 Å². The number of rotatable bonds is 9. The molecule has 0 radical (unpaired) electrons. The van der Waals surface area contributed by atoms with Crippen LogP contribution in [-0.4, -0.2) is 34.3 Å². The van der Waals surface area contributed by atoms with Gasteiger partial charge >= 0.3 is 12.1 Å². The summed E-state index contributed by atoms with van der Waals surface area (Å²) in [4.78, 5) is 35.7. The molecule has 0 spiro atoms. The highest BCUT2D eigenvalue weighted by Gasteiger charge is 2.38. The van der Waals surface area contributed by atoms with Crippen LogP contribution in [0.1, 0.15) is 53.9 Å². The zero-order chi connectivity index (χ0) is 25.7. The fourth-order valence-corrected chi connectivity index (χ4v) is 3.84. The molecule has 10 heteroatoms. The summed E-state index contributed by atoms with van der Waals surface area (Å²) in [5, 5.41) is 27.3. The first kappa shape index (κ1) is 24.5. The fraction of sp³-hybridized carbons (Fsp3) is 0.269. The fourth-order valence-electron chi connectivity index (χ4n) is 3.84. The van der Waals surface area contributed by atoms with Crippen molar-refractivity contribution in [3.05, 3.63) is 71.4 Å². The smallest absolute Gasteiger partial charge is 0.412 e. The Labute approximate surface area is 206 Å². The van der Waals surface area contributed by atoms with Crippen LogP contribution >= 0.6 is 0 Å². The number of aliphatic carboxylic acids is 1. The highest BCUT2D eigenvalue weighted by Crippen LogP contribution is 2.35. The number of hydrogen-bond donors (Lipinski definition) is 3. The number of aromatic nitrogens is 1. The van der Waals surface area contributed by atoms with E-state index in [2.05, 4.69) is 15.8 Å². The van der Waals surface area contributed by atoms with Crippen molar-refractivity contribution in [2.24, 2.45) is 5.92 Å². The number of anilines is 1. The van der Waals surface area contributed by atoms with E-state index in [-0.39, 0.29) is 41.4 Å². The van der Waals surface area contributed by atoms with Gasteiger partial charge in [-0.15, -0.1) is 0 Å². The second kappa shape index (κ2) is 10.7. The van der Waals surface area contributed by atoms with Gasteiger partial charge in [0.05, 0.1) is 0 Å². The Balaban J connectivity index is 1.41. The minimum Gasteiger partial charge on any atom is -0.481 e. The molecule has 3 unspecified atom stereocenters. The van der Waals surface area contributed by atoms with Gasteiger partial charge in [0.15, 0.2) is 5.76 Å². The summed E-state index contributed by atoms with van der Waals surface area (Å²) in [6.45, 7) is 1.73. The standard InChI is InChI=1S/C26H24N4O6/c1-15(16-5-3-2-4-6-16)35-26(34)29-23-21(14-27)30-36-24(23)17-7-9-18(10-8-17)25(33)28-20-13-19(20)11-12-22(31)32/h2-10,15,19-20H,11-13H2,1H3,(H,28,33)(H,29,34)(H,31,32). The van der Waals surface area contributed by atoms with Gasteiger partial charge in [0.25, 0.3) is 5.91 Å². The zero-order valence-electron chi connectivity index (χ0n) is 19.4. The molecule has 3 aromatic rings. The van der Waals surface area contributed by atoms with E-state index in [9.17, 15) is 19.6 Å². The minimum atomic E-state index is -0.845. The van der Waals surface area contributed by atoms with E-state index in [0.717, 1.165) is 12.0 Å². The number of nitrogens with one attached hydrogen (secondary N) is 2. The van der Waals surface area contributed by atoms with E-state index in [4.69, 9.17) is 14.4 Å². The molecule has 1 heterocycles. The van der Waals surface area contributed by atoms with Crippen molar-refractivity contribution in [1.82, 2.24) is 10.5 Å². The molecule has 36 heavy (non-hydrogen) atoms. The number of carbonyl (C=O) groups excluding carboxylic acids is 2. The molecule has 0 bridgehead atoms. The maximum absolute atomic E-state index is 12.5. The summed E-state index contributed by atoms with van der Waals surface area (Å²) in [7, 11) is 0. The average Bonchev–Trinajstić information content (AvgIpc) is 3.50. The van der Waals surface area contributed by atoms with Gasteiger partial charge in [-0.2, -0.15) is 5.26 Å². The van der Waals surface area contributed by atoms with Crippen molar-refractivity contribution < 1.29 is 28.8 Å². The monoisotopic (exact) mass is 488 g/mol. The number of amides is 2. The number of carboxylic acid groups (broad SMARTS) is 1. The largest absolute Gasteiger partial charge is 0.481 e. The summed E-state index contributed by atoms with van der Waals surface area (Å²) >= 11 is 0. The van der Waals surface area contributed by atoms with Crippen LogP contribution in [0.3, 0.4) is 0 Å².